The molecule has 0 spiro atoms. The van der Waals surface area contributed by atoms with Gasteiger partial charge in [0.05, 0.1) is 6.07 Å². The van der Waals surface area contributed by atoms with Gasteiger partial charge in [-0.15, -0.1) is 0 Å². The van der Waals surface area contributed by atoms with E-state index in [0.29, 0.717) is 19.6 Å². The van der Waals surface area contributed by atoms with Crippen LogP contribution in [-0.4, -0.2) is 64.4 Å². The summed E-state index contributed by atoms with van der Waals surface area (Å²) in [5, 5.41) is 26.7. The van der Waals surface area contributed by atoms with E-state index < -0.39 is 29.7 Å². The quantitative estimate of drug-likeness (QED) is 0.526. The maximum absolute atomic E-state index is 11.7. The number of aliphatic carboxylic acids is 2. The molecule has 0 bridgehead atoms. The van der Waals surface area contributed by atoms with Crippen LogP contribution < -0.4 is 5.32 Å². The van der Waals surface area contributed by atoms with Crippen molar-refractivity contribution in [2.75, 3.05) is 19.6 Å². The largest absolute Gasteiger partial charge is 0.473 e. The Kier molecular flexibility index (Phi) is 7.16. The topological polar surface area (TPSA) is 140 Å². The number of carbonyl (C=O) groups excluding carboxylic acids is 1. The van der Waals surface area contributed by atoms with Crippen molar-refractivity contribution in [3.8, 4) is 6.07 Å². The normalized spacial score (nSPS) is 17.8. The smallest absolute Gasteiger partial charge is 0.414 e. The number of ether oxygens (including phenoxy) is 1. The number of nitrogens with zero attached hydrogens (tertiary/aromatic N) is 2. The van der Waals surface area contributed by atoms with E-state index in [1.807, 2.05) is 20.8 Å². The van der Waals surface area contributed by atoms with Crippen molar-refractivity contribution in [2.24, 2.45) is 0 Å². The second-order valence-electron chi connectivity index (χ2n) is 5.13. The maximum Gasteiger partial charge on any atom is 0.414 e. The van der Waals surface area contributed by atoms with Crippen LogP contribution in [0.5, 0.6) is 0 Å². The molecule has 21 heavy (non-hydrogen) atoms. The molecule has 1 heterocycles. The van der Waals surface area contributed by atoms with Gasteiger partial charge in [-0.2, -0.15) is 5.26 Å². The highest BCUT2D eigenvalue weighted by Crippen LogP contribution is 2.12. The van der Waals surface area contributed by atoms with E-state index in [1.165, 1.54) is 4.90 Å². The number of piperazine rings is 1. The van der Waals surface area contributed by atoms with Gasteiger partial charge in [0.15, 0.2) is 0 Å². The molecule has 0 aromatic carbocycles. The first kappa shape index (κ1) is 18.7. The highest BCUT2D eigenvalue weighted by molar-refractivity contribution is 6.27. The van der Waals surface area contributed by atoms with Crippen LogP contribution in [0.2, 0.25) is 0 Å². The molecule has 0 saturated carbocycles. The summed E-state index contributed by atoms with van der Waals surface area (Å²) >= 11 is 0. The van der Waals surface area contributed by atoms with Gasteiger partial charge >= 0.3 is 18.0 Å². The molecule has 9 nitrogen and oxygen atoms in total. The number of carboxylic acid groups (broad SMARTS) is 2. The van der Waals surface area contributed by atoms with Crippen LogP contribution in [0.3, 0.4) is 0 Å². The van der Waals surface area contributed by atoms with Crippen LogP contribution in [0.4, 0.5) is 4.79 Å². The molecule has 1 aliphatic rings. The molecule has 0 aliphatic carbocycles. The van der Waals surface area contributed by atoms with Crippen LogP contribution >= 0.6 is 0 Å². The zero-order chi connectivity index (χ0) is 16.6. The number of hydrogen-bond donors (Lipinski definition) is 3. The van der Waals surface area contributed by atoms with Gasteiger partial charge in [0.25, 0.3) is 0 Å². The van der Waals surface area contributed by atoms with Gasteiger partial charge in [-0.25, -0.2) is 14.4 Å². The molecule has 0 radical (unpaired) electrons. The third-order valence-electron chi connectivity index (χ3n) is 2.20. The third-order valence-corrected chi connectivity index (χ3v) is 2.20. The summed E-state index contributed by atoms with van der Waals surface area (Å²) in [4.78, 5) is 31.4. The first-order valence-electron chi connectivity index (χ1n) is 6.14. The van der Waals surface area contributed by atoms with E-state index in [2.05, 4.69) is 11.4 Å². The molecule has 1 rings (SSSR count). The third kappa shape index (κ3) is 7.74. The Hall–Kier alpha value is -2.34. The lowest BCUT2D eigenvalue weighted by atomic mass is 10.2. The monoisotopic (exact) mass is 301 g/mol. The number of nitriles is 1. The average molecular weight is 301 g/mol. The second-order valence-corrected chi connectivity index (χ2v) is 5.13. The average Bonchev–Trinajstić information content (AvgIpc) is 2.37. The van der Waals surface area contributed by atoms with Gasteiger partial charge in [0.1, 0.15) is 11.6 Å². The van der Waals surface area contributed by atoms with Gasteiger partial charge in [-0.3, -0.25) is 4.90 Å². The highest BCUT2D eigenvalue weighted by atomic mass is 16.6. The molecule has 118 valence electrons. The summed E-state index contributed by atoms with van der Waals surface area (Å²) in [6.45, 7) is 7.18. The zero-order valence-corrected chi connectivity index (χ0v) is 12.1. The van der Waals surface area contributed by atoms with E-state index in [1.54, 1.807) is 0 Å². The van der Waals surface area contributed by atoms with Crippen molar-refractivity contribution >= 4 is 18.0 Å². The highest BCUT2D eigenvalue weighted by Gasteiger charge is 2.30. The van der Waals surface area contributed by atoms with Gasteiger partial charge in [-0.1, -0.05) is 0 Å². The minimum absolute atomic E-state index is 0.407. The first-order chi connectivity index (χ1) is 9.58. The lowest BCUT2D eigenvalue weighted by Crippen LogP contribution is -2.54. The fourth-order valence-corrected chi connectivity index (χ4v) is 1.36. The maximum atomic E-state index is 11.7. The predicted octanol–water partition coefficient (Wildman–Crippen LogP) is -0.126. The van der Waals surface area contributed by atoms with E-state index >= 15 is 0 Å². The minimum Gasteiger partial charge on any atom is -0.473 e. The molecule has 1 fully saturated rings. The number of rotatable bonds is 0. The standard InChI is InChI=1S/C10H17N3O2.C2H2O4/c1-10(2,3)15-9(14)13-5-4-12-7-8(13)6-11;3-1(4)2(5)6/h8,12H,4-5,7H2,1-3H3;(H,3,4)(H,5,6). The SMILES string of the molecule is CC(C)(C)OC(=O)N1CCNCC1C#N.O=C(O)C(=O)O. The summed E-state index contributed by atoms with van der Waals surface area (Å²) in [5.74, 6) is -3.65. The summed E-state index contributed by atoms with van der Waals surface area (Å²) < 4.78 is 5.22. The summed E-state index contributed by atoms with van der Waals surface area (Å²) in [7, 11) is 0. The van der Waals surface area contributed by atoms with Crippen LogP contribution in [0, 0.1) is 11.3 Å². The Bertz CT molecular complexity index is 425. The second kappa shape index (κ2) is 8.06. The van der Waals surface area contributed by atoms with E-state index in [4.69, 9.17) is 29.8 Å². The molecule has 1 atom stereocenters. The lowest BCUT2D eigenvalue weighted by molar-refractivity contribution is -0.159. The Morgan fingerprint density at radius 2 is 1.81 bits per heavy atom. The van der Waals surface area contributed by atoms with Crippen molar-refractivity contribution in [2.45, 2.75) is 32.4 Å². The Morgan fingerprint density at radius 1 is 1.29 bits per heavy atom. The number of amides is 1. The van der Waals surface area contributed by atoms with E-state index in [9.17, 15) is 4.79 Å². The number of carboxylic acids is 2. The molecule has 0 aromatic heterocycles. The van der Waals surface area contributed by atoms with Crippen LogP contribution in [-0.2, 0) is 14.3 Å². The molecular weight excluding hydrogens is 282 g/mol. The van der Waals surface area contributed by atoms with Gasteiger partial charge in [0.2, 0.25) is 0 Å². The molecule has 1 unspecified atom stereocenters. The zero-order valence-electron chi connectivity index (χ0n) is 12.1. The molecule has 1 aliphatic heterocycles. The lowest BCUT2D eigenvalue weighted by Gasteiger charge is -2.33. The van der Waals surface area contributed by atoms with E-state index in [-0.39, 0.29) is 0 Å². The molecule has 3 N–H and O–H groups in total. The van der Waals surface area contributed by atoms with Crippen molar-refractivity contribution in [1.82, 2.24) is 10.2 Å². The summed E-state index contributed by atoms with van der Waals surface area (Å²) in [6.07, 6.45) is -0.407. The van der Waals surface area contributed by atoms with Crippen LogP contribution in [0.25, 0.3) is 0 Å². The van der Waals surface area contributed by atoms with Gasteiger partial charge in [0, 0.05) is 19.6 Å². The Balaban J connectivity index is 0.000000567. The fourth-order valence-electron chi connectivity index (χ4n) is 1.36. The molecular formula is C12H19N3O6. The predicted molar refractivity (Wildman–Crippen MR) is 70.5 cm³/mol. The van der Waals surface area contributed by atoms with Crippen molar-refractivity contribution < 1.29 is 29.3 Å². The first-order valence-corrected chi connectivity index (χ1v) is 6.14. The van der Waals surface area contributed by atoms with Crippen molar-refractivity contribution in [1.29, 1.82) is 5.26 Å². The number of nitrogens with one attached hydrogen (secondary N) is 1. The number of carbonyl (C=O) groups is 3. The summed E-state index contributed by atoms with van der Waals surface area (Å²) in [5.41, 5.74) is -0.512. The fraction of sp³-hybridized carbons (Fsp3) is 0.667. The van der Waals surface area contributed by atoms with Crippen molar-refractivity contribution in [3.05, 3.63) is 0 Å². The van der Waals surface area contributed by atoms with Crippen molar-refractivity contribution in [3.63, 3.8) is 0 Å². The van der Waals surface area contributed by atoms with Crippen LogP contribution in [0.15, 0.2) is 0 Å². The molecule has 1 saturated heterocycles. The molecule has 1 amide bonds. The summed E-state index contributed by atoms with van der Waals surface area (Å²) in [6, 6.07) is 1.66. The molecule has 0 aromatic rings. The molecule has 9 heteroatoms. The van der Waals surface area contributed by atoms with Gasteiger partial charge in [-0.05, 0) is 20.8 Å². The Labute approximate surface area is 122 Å². The number of hydrogen-bond acceptors (Lipinski definition) is 6. The van der Waals surface area contributed by atoms with E-state index in [0.717, 1.165) is 0 Å². The Morgan fingerprint density at radius 3 is 2.19 bits per heavy atom. The van der Waals surface area contributed by atoms with Crippen LogP contribution in [0.1, 0.15) is 20.8 Å². The van der Waals surface area contributed by atoms with Gasteiger partial charge < -0.3 is 20.3 Å². The minimum atomic E-state index is -1.82.